The number of benzene rings is 3. The molecule has 1 atom stereocenters. The topological polar surface area (TPSA) is 68.2 Å². The summed E-state index contributed by atoms with van der Waals surface area (Å²) >= 11 is 0. The van der Waals surface area contributed by atoms with E-state index in [1.165, 1.54) is 7.11 Å². The molecule has 2 N–H and O–H groups in total. The molecule has 0 aromatic heterocycles. The van der Waals surface area contributed by atoms with Crippen molar-refractivity contribution in [1.29, 1.82) is 0 Å². The predicted octanol–water partition coefficient (Wildman–Crippen LogP) is 5.45. The summed E-state index contributed by atoms with van der Waals surface area (Å²) in [5, 5.41) is 19.3. The standard InChI is InChI=1S/C25H26O5/c1-16(19-9-12-21(27)22(15-19)28-2)25-23(29-3)13-18(14-24(25)30-4)6-5-17-7-10-20(26)11-8-17/h5-16,26-27H,1-4H3/b6-5+. The number of phenols is 2. The van der Waals surface area contributed by atoms with Gasteiger partial charge in [-0.05, 0) is 53.1 Å². The first-order valence-corrected chi connectivity index (χ1v) is 9.56. The lowest BCUT2D eigenvalue weighted by Gasteiger charge is -2.21. The van der Waals surface area contributed by atoms with Gasteiger partial charge >= 0.3 is 0 Å². The van der Waals surface area contributed by atoms with Gasteiger partial charge in [-0.25, -0.2) is 0 Å². The molecule has 0 saturated carbocycles. The van der Waals surface area contributed by atoms with E-state index in [1.54, 1.807) is 32.4 Å². The molecule has 0 aliphatic rings. The van der Waals surface area contributed by atoms with Crippen LogP contribution in [0, 0.1) is 0 Å². The van der Waals surface area contributed by atoms with Crippen LogP contribution in [-0.4, -0.2) is 31.5 Å². The first kappa shape index (κ1) is 21.1. The second-order valence-corrected chi connectivity index (χ2v) is 6.92. The fourth-order valence-electron chi connectivity index (χ4n) is 3.39. The third kappa shape index (κ3) is 4.51. The van der Waals surface area contributed by atoms with Crippen LogP contribution in [-0.2, 0) is 0 Å². The Labute approximate surface area is 176 Å². The van der Waals surface area contributed by atoms with Crippen molar-refractivity contribution in [2.75, 3.05) is 21.3 Å². The van der Waals surface area contributed by atoms with Crippen molar-refractivity contribution in [3.63, 3.8) is 0 Å². The van der Waals surface area contributed by atoms with Crippen LogP contribution in [0.2, 0.25) is 0 Å². The lowest BCUT2D eigenvalue weighted by molar-refractivity contribution is 0.372. The number of aromatic hydroxyl groups is 2. The van der Waals surface area contributed by atoms with Gasteiger partial charge in [0, 0.05) is 11.5 Å². The Bertz CT molecular complexity index is 1010. The number of rotatable bonds is 7. The van der Waals surface area contributed by atoms with Gasteiger partial charge in [0.1, 0.15) is 17.2 Å². The van der Waals surface area contributed by atoms with Gasteiger partial charge in [-0.2, -0.15) is 0 Å². The zero-order valence-electron chi connectivity index (χ0n) is 17.5. The van der Waals surface area contributed by atoms with Crippen LogP contribution < -0.4 is 14.2 Å². The zero-order valence-corrected chi connectivity index (χ0v) is 17.5. The molecule has 30 heavy (non-hydrogen) atoms. The second kappa shape index (κ2) is 9.27. The number of ether oxygens (including phenoxy) is 3. The molecule has 5 nitrogen and oxygen atoms in total. The molecule has 1 unspecified atom stereocenters. The van der Waals surface area contributed by atoms with Crippen LogP contribution in [0.1, 0.15) is 35.1 Å². The summed E-state index contributed by atoms with van der Waals surface area (Å²) in [7, 11) is 4.80. The van der Waals surface area contributed by atoms with E-state index in [0.717, 1.165) is 22.3 Å². The molecule has 0 aliphatic carbocycles. The summed E-state index contributed by atoms with van der Waals surface area (Å²) < 4.78 is 16.6. The Balaban J connectivity index is 1.99. The quantitative estimate of drug-likeness (QED) is 0.511. The molecule has 0 bridgehead atoms. The predicted molar refractivity (Wildman–Crippen MR) is 119 cm³/mol. The average Bonchev–Trinajstić information content (AvgIpc) is 2.77. The van der Waals surface area contributed by atoms with E-state index in [-0.39, 0.29) is 17.4 Å². The SMILES string of the molecule is COc1cc(C(C)c2c(OC)cc(/C=C/c3ccc(O)cc3)cc2OC)ccc1O. The van der Waals surface area contributed by atoms with Gasteiger partial charge < -0.3 is 24.4 Å². The van der Waals surface area contributed by atoms with Crippen LogP contribution >= 0.6 is 0 Å². The summed E-state index contributed by atoms with van der Waals surface area (Å²) in [4.78, 5) is 0. The lowest BCUT2D eigenvalue weighted by Crippen LogP contribution is -2.04. The number of hydrogen-bond acceptors (Lipinski definition) is 5. The fourth-order valence-corrected chi connectivity index (χ4v) is 3.39. The molecular weight excluding hydrogens is 380 g/mol. The highest BCUT2D eigenvalue weighted by Gasteiger charge is 2.21. The van der Waals surface area contributed by atoms with Gasteiger partial charge in [-0.1, -0.05) is 37.3 Å². The maximum absolute atomic E-state index is 9.90. The van der Waals surface area contributed by atoms with E-state index in [9.17, 15) is 10.2 Å². The molecule has 0 heterocycles. The van der Waals surface area contributed by atoms with E-state index < -0.39 is 0 Å². The molecule has 0 aliphatic heterocycles. The largest absolute Gasteiger partial charge is 0.508 e. The van der Waals surface area contributed by atoms with Crippen molar-refractivity contribution in [2.45, 2.75) is 12.8 Å². The summed E-state index contributed by atoms with van der Waals surface area (Å²) in [6, 6.07) is 16.2. The minimum atomic E-state index is -0.0560. The Morgan fingerprint density at radius 3 is 1.83 bits per heavy atom. The van der Waals surface area contributed by atoms with Gasteiger partial charge in [0.15, 0.2) is 11.5 Å². The smallest absolute Gasteiger partial charge is 0.160 e. The highest BCUT2D eigenvalue weighted by Crippen LogP contribution is 2.41. The van der Waals surface area contributed by atoms with E-state index in [0.29, 0.717) is 17.2 Å². The van der Waals surface area contributed by atoms with Gasteiger partial charge in [0.25, 0.3) is 0 Å². The molecule has 3 aromatic carbocycles. The number of hydrogen-bond donors (Lipinski definition) is 2. The summed E-state index contributed by atoms with van der Waals surface area (Å²) in [5.41, 5.74) is 3.78. The van der Waals surface area contributed by atoms with Crippen molar-refractivity contribution in [3.05, 3.63) is 76.9 Å². The molecule has 5 heteroatoms. The van der Waals surface area contributed by atoms with E-state index in [1.807, 2.05) is 48.6 Å². The molecule has 0 spiro atoms. The highest BCUT2D eigenvalue weighted by atomic mass is 16.5. The Hall–Kier alpha value is -3.60. The van der Waals surface area contributed by atoms with Gasteiger partial charge in [0.05, 0.1) is 21.3 Å². The minimum Gasteiger partial charge on any atom is -0.508 e. The number of methoxy groups -OCH3 is 3. The highest BCUT2D eigenvalue weighted by molar-refractivity contribution is 5.72. The van der Waals surface area contributed by atoms with E-state index >= 15 is 0 Å². The van der Waals surface area contributed by atoms with Crippen LogP contribution in [0.5, 0.6) is 28.7 Å². The first-order valence-electron chi connectivity index (χ1n) is 9.56. The summed E-state index contributed by atoms with van der Waals surface area (Å²) in [6.07, 6.45) is 3.93. The lowest BCUT2D eigenvalue weighted by atomic mass is 9.90. The summed E-state index contributed by atoms with van der Waals surface area (Å²) in [5.74, 6) is 2.12. The maximum Gasteiger partial charge on any atom is 0.160 e. The third-order valence-electron chi connectivity index (χ3n) is 5.06. The molecule has 156 valence electrons. The van der Waals surface area contributed by atoms with Crippen molar-refractivity contribution >= 4 is 12.2 Å². The van der Waals surface area contributed by atoms with Crippen molar-refractivity contribution in [2.24, 2.45) is 0 Å². The molecule has 0 saturated heterocycles. The van der Waals surface area contributed by atoms with Crippen molar-refractivity contribution in [1.82, 2.24) is 0 Å². The van der Waals surface area contributed by atoms with E-state index in [4.69, 9.17) is 14.2 Å². The molecular formula is C25H26O5. The second-order valence-electron chi connectivity index (χ2n) is 6.92. The zero-order chi connectivity index (χ0) is 21.7. The normalized spacial score (nSPS) is 12.0. The van der Waals surface area contributed by atoms with E-state index in [2.05, 4.69) is 6.92 Å². The molecule has 3 aromatic rings. The molecule has 0 radical (unpaired) electrons. The van der Waals surface area contributed by atoms with Gasteiger partial charge in [-0.15, -0.1) is 0 Å². The maximum atomic E-state index is 9.90. The van der Waals surface area contributed by atoms with Crippen LogP contribution in [0.15, 0.2) is 54.6 Å². The van der Waals surface area contributed by atoms with Crippen LogP contribution in [0.25, 0.3) is 12.2 Å². The minimum absolute atomic E-state index is 0.0560. The summed E-state index contributed by atoms with van der Waals surface area (Å²) in [6.45, 7) is 2.05. The average molecular weight is 406 g/mol. The first-order chi connectivity index (χ1) is 14.5. The monoisotopic (exact) mass is 406 g/mol. The molecule has 3 rings (SSSR count). The molecule has 0 amide bonds. The van der Waals surface area contributed by atoms with Crippen LogP contribution in [0.3, 0.4) is 0 Å². The van der Waals surface area contributed by atoms with Gasteiger partial charge in [-0.3, -0.25) is 0 Å². The van der Waals surface area contributed by atoms with Gasteiger partial charge in [0.2, 0.25) is 0 Å². The van der Waals surface area contributed by atoms with Crippen molar-refractivity contribution in [3.8, 4) is 28.7 Å². The third-order valence-corrected chi connectivity index (χ3v) is 5.06. The molecule has 0 fully saturated rings. The number of phenolic OH excluding ortho intramolecular Hbond substituents is 2. The Morgan fingerprint density at radius 2 is 1.27 bits per heavy atom. The fraction of sp³-hybridized carbons (Fsp3) is 0.200. The van der Waals surface area contributed by atoms with Crippen molar-refractivity contribution < 1.29 is 24.4 Å². The van der Waals surface area contributed by atoms with Crippen LogP contribution in [0.4, 0.5) is 0 Å². The Morgan fingerprint density at radius 1 is 0.700 bits per heavy atom. The Kier molecular flexibility index (Phi) is 6.52.